The fourth-order valence-electron chi connectivity index (χ4n) is 2.60. The van der Waals surface area contributed by atoms with Crippen LogP contribution in [0.15, 0.2) is 71.3 Å². The molecular formula is C20H19N3O5S. The summed E-state index contributed by atoms with van der Waals surface area (Å²) < 4.78 is 30.3. The number of sulfonamides is 1. The van der Waals surface area contributed by atoms with E-state index in [0.29, 0.717) is 11.4 Å². The Hall–Kier alpha value is -3.59. The van der Waals surface area contributed by atoms with Crippen LogP contribution in [0.1, 0.15) is 26.5 Å². The van der Waals surface area contributed by atoms with Crippen LogP contribution in [0.5, 0.6) is 0 Å². The first-order valence-electron chi connectivity index (χ1n) is 8.60. The lowest BCUT2D eigenvalue weighted by molar-refractivity contribution is 0.0949. The molecule has 0 fully saturated rings. The molecule has 2 amide bonds. The molecule has 29 heavy (non-hydrogen) atoms. The largest absolute Gasteiger partial charge is 0.467 e. The molecule has 2 aromatic carbocycles. The Bertz CT molecular complexity index is 1120. The molecule has 3 aromatic rings. The maximum absolute atomic E-state index is 12.6. The zero-order valence-electron chi connectivity index (χ0n) is 15.5. The maximum atomic E-state index is 12.6. The summed E-state index contributed by atoms with van der Waals surface area (Å²) in [6.07, 6.45) is 2.54. The normalized spacial score (nSPS) is 10.9. The fourth-order valence-corrected chi connectivity index (χ4v) is 3.15. The summed E-state index contributed by atoms with van der Waals surface area (Å²) in [5.74, 6) is -0.242. The number of nitrogens with one attached hydrogen (secondary N) is 3. The molecule has 3 N–H and O–H groups in total. The number of hydrogen-bond acceptors (Lipinski definition) is 5. The van der Waals surface area contributed by atoms with E-state index in [1.54, 1.807) is 48.5 Å². The first-order valence-corrected chi connectivity index (χ1v) is 10.5. The Morgan fingerprint density at radius 1 is 0.966 bits per heavy atom. The third kappa shape index (κ3) is 5.69. The Balaban J connectivity index is 1.74. The quantitative estimate of drug-likeness (QED) is 0.551. The number of furan rings is 1. The molecule has 0 saturated heterocycles. The predicted octanol–water partition coefficient (Wildman–Crippen LogP) is 2.83. The first kappa shape index (κ1) is 20.2. The molecule has 0 radical (unpaired) electrons. The highest BCUT2D eigenvalue weighted by Gasteiger charge is 2.15. The predicted molar refractivity (Wildman–Crippen MR) is 109 cm³/mol. The topological polar surface area (TPSA) is 118 Å². The molecule has 150 valence electrons. The Morgan fingerprint density at radius 3 is 2.48 bits per heavy atom. The van der Waals surface area contributed by atoms with Gasteiger partial charge in [0.2, 0.25) is 10.0 Å². The molecule has 3 rings (SSSR count). The summed E-state index contributed by atoms with van der Waals surface area (Å²) in [4.78, 5) is 25.1. The minimum atomic E-state index is -3.46. The highest BCUT2D eigenvalue weighted by atomic mass is 32.2. The van der Waals surface area contributed by atoms with Crippen molar-refractivity contribution in [1.82, 2.24) is 5.32 Å². The van der Waals surface area contributed by atoms with Gasteiger partial charge in [0, 0.05) is 11.3 Å². The summed E-state index contributed by atoms with van der Waals surface area (Å²) >= 11 is 0. The lowest BCUT2D eigenvalue weighted by Gasteiger charge is -2.12. The second kappa shape index (κ2) is 8.61. The van der Waals surface area contributed by atoms with Gasteiger partial charge in [-0.2, -0.15) is 0 Å². The van der Waals surface area contributed by atoms with Gasteiger partial charge in [-0.1, -0.05) is 18.2 Å². The number of benzene rings is 2. The second-order valence-corrected chi connectivity index (χ2v) is 7.97. The van der Waals surface area contributed by atoms with Crippen LogP contribution >= 0.6 is 0 Å². The van der Waals surface area contributed by atoms with Gasteiger partial charge in [0.1, 0.15) is 5.76 Å². The molecule has 0 aliphatic rings. The Labute approximate surface area is 168 Å². The minimum Gasteiger partial charge on any atom is -0.467 e. The number of hydrogen-bond donors (Lipinski definition) is 3. The van der Waals surface area contributed by atoms with Gasteiger partial charge in [0.15, 0.2) is 0 Å². The average molecular weight is 413 g/mol. The number of rotatable bonds is 7. The molecule has 0 unspecified atom stereocenters. The first-order chi connectivity index (χ1) is 13.8. The maximum Gasteiger partial charge on any atom is 0.255 e. The van der Waals surface area contributed by atoms with E-state index in [-0.39, 0.29) is 29.3 Å². The molecule has 0 spiro atoms. The van der Waals surface area contributed by atoms with Gasteiger partial charge in [-0.15, -0.1) is 0 Å². The summed E-state index contributed by atoms with van der Waals surface area (Å²) in [7, 11) is -3.46. The molecule has 9 heteroatoms. The molecule has 0 aliphatic carbocycles. The number of carbonyl (C=O) groups is 2. The molecule has 0 saturated carbocycles. The SMILES string of the molecule is CS(=O)(=O)Nc1cccc(C(=O)Nc2ccccc2C(=O)NCc2ccco2)c1. The van der Waals surface area contributed by atoms with E-state index >= 15 is 0 Å². The zero-order valence-corrected chi connectivity index (χ0v) is 16.3. The van der Waals surface area contributed by atoms with Crippen LogP contribution in [0.3, 0.4) is 0 Å². The van der Waals surface area contributed by atoms with E-state index < -0.39 is 15.9 Å². The highest BCUT2D eigenvalue weighted by molar-refractivity contribution is 7.92. The van der Waals surface area contributed by atoms with Crippen molar-refractivity contribution >= 4 is 33.2 Å². The Morgan fingerprint density at radius 2 is 1.76 bits per heavy atom. The summed E-state index contributed by atoms with van der Waals surface area (Å²) in [5, 5.41) is 5.42. The van der Waals surface area contributed by atoms with Crippen LogP contribution in [0.25, 0.3) is 0 Å². The molecule has 1 heterocycles. The van der Waals surface area contributed by atoms with Crippen molar-refractivity contribution in [2.24, 2.45) is 0 Å². The van der Waals surface area contributed by atoms with Gasteiger partial charge < -0.3 is 15.1 Å². The van der Waals surface area contributed by atoms with Crippen molar-refractivity contribution < 1.29 is 22.4 Å². The van der Waals surface area contributed by atoms with E-state index in [0.717, 1.165) is 6.26 Å². The molecular weight excluding hydrogens is 394 g/mol. The highest BCUT2D eigenvalue weighted by Crippen LogP contribution is 2.18. The minimum absolute atomic E-state index is 0.216. The van der Waals surface area contributed by atoms with Gasteiger partial charge in [0.25, 0.3) is 11.8 Å². The number of carbonyl (C=O) groups excluding carboxylic acids is 2. The standard InChI is InChI=1S/C20H19N3O5S/c1-29(26,27)23-15-7-4-6-14(12-15)19(24)22-18-10-3-2-9-17(18)20(25)21-13-16-8-5-11-28-16/h2-12,23H,13H2,1H3,(H,21,25)(H,22,24). The van der Waals surface area contributed by atoms with Crippen LogP contribution in [0.4, 0.5) is 11.4 Å². The molecule has 0 aliphatic heterocycles. The Kier molecular flexibility index (Phi) is 5.99. The van der Waals surface area contributed by atoms with Crippen LogP contribution in [-0.2, 0) is 16.6 Å². The molecule has 1 aromatic heterocycles. The third-order valence-electron chi connectivity index (χ3n) is 3.85. The molecule has 0 bridgehead atoms. The van der Waals surface area contributed by atoms with Crippen molar-refractivity contribution in [3.05, 3.63) is 83.8 Å². The number of anilines is 2. The van der Waals surface area contributed by atoms with Crippen molar-refractivity contribution in [3.63, 3.8) is 0 Å². The van der Waals surface area contributed by atoms with E-state index in [1.807, 2.05) is 0 Å². The summed E-state index contributed by atoms with van der Waals surface area (Å²) in [6.45, 7) is 0.216. The number of amides is 2. The van der Waals surface area contributed by atoms with Crippen molar-refractivity contribution in [1.29, 1.82) is 0 Å². The average Bonchev–Trinajstić information content (AvgIpc) is 3.19. The van der Waals surface area contributed by atoms with E-state index in [9.17, 15) is 18.0 Å². The molecule has 0 atom stereocenters. The monoisotopic (exact) mass is 413 g/mol. The van der Waals surface area contributed by atoms with E-state index in [4.69, 9.17) is 4.42 Å². The van der Waals surface area contributed by atoms with Gasteiger partial charge in [-0.25, -0.2) is 8.42 Å². The summed E-state index contributed by atoms with van der Waals surface area (Å²) in [6, 6.07) is 16.1. The van der Waals surface area contributed by atoms with E-state index in [2.05, 4.69) is 15.4 Å². The summed E-state index contributed by atoms with van der Waals surface area (Å²) in [5.41, 5.74) is 1.13. The van der Waals surface area contributed by atoms with Crippen LogP contribution < -0.4 is 15.4 Å². The lowest BCUT2D eigenvalue weighted by Crippen LogP contribution is -2.24. The van der Waals surface area contributed by atoms with Crippen molar-refractivity contribution in [2.45, 2.75) is 6.54 Å². The van der Waals surface area contributed by atoms with Gasteiger partial charge >= 0.3 is 0 Å². The lowest BCUT2D eigenvalue weighted by atomic mass is 10.1. The fraction of sp³-hybridized carbons (Fsp3) is 0.100. The zero-order chi connectivity index (χ0) is 20.9. The van der Waals surface area contributed by atoms with Gasteiger partial charge in [0.05, 0.1) is 30.3 Å². The van der Waals surface area contributed by atoms with Crippen LogP contribution in [0.2, 0.25) is 0 Å². The van der Waals surface area contributed by atoms with Crippen LogP contribution in [0, 0.1) is 0 Å². The second-order valence-electron chi connectivity index (χ2n) is 6.22. The van der Waals surface area contributed by atoms with Gasteiger partial charge in [-0.3, -0.25) is 14.3 Å². The van der Waals surface area contributed by atoms with Gasteiger partial charge in [-0.05, 0) is 42.5 Å². The smallest absolute Gasteiger partial charge is 0.255 e. The molecule has 8 nitrogen and oxygen atoms in total. The van der Waals surface area contributed by atoms with Crippen LogP contribution in [-0.4, -0.2) is 26.5 Å². The van der Waals surface area contributed by atoms with E-state index in [1.165, 1.54) is 18.4 Å². The number of para-hydroxylation sites is 1. The van der Waals surface area contributed by atoms with Crippen molar-refractivity contribution in [2.75, 3.05) is 16.3 Å². The van der Waals surface area contributed by atoms with Crippen molar-refractivity contribution in [3.8, 4) is 0 Å². The third-order valence-corrected chi connectivity index (χ3v) is 4.46.